The highest BCUT2D eigenvalue weighted by Gasteiger charge is 2.35. The van der Waals surface area contributed by atoms with Crippen LogP contribution in [0, 0.1) is 6.92 Å². The monoisotopic (exact) mass is 399 g/mol. The summed E-state index contributed by atoms with van der Waals surface area (Å²) in [4.78, 5) is 14.7. The van der Waals surface area contributed by atoms with E-state index in [1.807, 2.05) is 31.2 Å². The zero-order valence-corrected chi connectivity index (χ0v) is 16.1. The molecule has 7 heteroatoms. The molecule has 1 amide bonds. The lowest BCUT2D eigenvalue weighted by molar-refractivity contribution is -0.137. The largest absolute Gasteiger partial charge is 0.416 e. The Labute approximate surface area is 166 Å². The molecular formula is C22H20F3N3O. The predicted octanol–water partition coefficient (Wildman–Crippen LogP) is 5.35. The van der Waals surface area contributed by atoms with Crippen LogP contribution in [0.5, 0.6) is 0 Å². The molecule has 1 fully saturated rings. The molecule has 1 aliphatic rings. The number of nitrogens with zero attached hydrogens (tertiary/aromatic N) is 3. The molecule has 1 saturated carbocycles. The van der Waals surface area contributed by atoms with E-state index in [1.165, 1.54) is 16.9 Å². The first-order valence-corrected chi connectivity index (χ1v) is 9.36. The molecule has 1 aliphatic carbocycles. The summed E-state index contributed by atoms with van der Waals surface area (Å²) < 4.78 is 40.8. The van der Waals surface area contributed by atoms with E-state index < -0.39 is 11.7 Å². The summed E-state index contributed by atoms with van der Waals surface area (Å²) in [6.45, 7) is 1.97. The molecule has 0 unspecified atom stereocenters. The van der Waals surface area contributed by atoms with Gasteiger partial charge in [0.2, 0.25) is 0 Å². The number of hydrogen-bond acceptors (Lipinski definition) is 2. The number of hydrogen-bond donors (Lipinski definition) is 0. The van der Waals surface area contributed by atoms with Gasteiger partial charge in [0.05, 0.1) is 28.7 Å². The fraction of sp³-hybridized carbons (Fsp3) is 0.273. The number of alkyl halides is 3. The van der Waals surface area contributed by atoms with Gasteiger partial charge in [-0.25, -0.2) is 4.68 Å². The summed E-state index contributed by atoms with van der Waals surface area (Å²) in [5, 5.41) is 4.28. The van der Waals surface area contributed by atoms with Crippen LogP contribution >= 0.6 is 0 Å². The number of rotatable bonds is 4. The molecule has 0 spiro atoms. The van der Waals surface area contributed by atoms with Gasteiger partial charge in [-0.2, -0.15) is 18.3 Å². The molecule has 0 saturated heterocycles. The molecule has 0 aliphatic heterocycles. The second-order valence-corrected chi connectivity index (χ2v) is 7.38. The summed E-state index contributed by atoms with van der Waals surface area (Å²) in [5.41, 5.74) is 2.50. The van der Waals surface area contributed by atoms with Crippen molar-refractivity contribution in [3.63, 3.8) is 0 Å². The first kappa shape index (κ1) is 19.2. The Bertz CT molecular complexity index is 1050. The molecule has 4 rings (SSSR count). The van der Waals surface area contributed by atoms with E-state index in [4.69, 9.17) is 0 Å². The van der Waals surface area contributed by atoms with Crippen molar-refractivity contribution in [3.05, 3.63) is 77.1 Å². The molecule has 4 nitrogen and oxygen atoms in total. The van der Waals surface area contributed by atoms with Gasteiger partial charge >= 0.3 is 6.18 Å². The van der Waals surface area contributed by atoms with Crippen molar-refractivity contribution >= 4 is 11.6 Å². The van der Waals surface area contributed by atoms with Crippen LogP contribution in [0.3, 0.4) is 0 Å². The molecule has 0 N–H and O–H groups in total. The van der Waals surface area contributed by atoms with E-state index in [-0.39, 0.29) is 11.8 Å². The van der Waals surface area contributed by atoms with Crippen molar-refractivity contribution in [2.45, 2.75) is 31.9 Å². The summed E-state index contributed by atoms with van der Waals surface area (Å²) in [7, 11) is 1.69. The van der Waals surface area contributed by atoms with Crippen LogP contribution in [0.4, 0.5) is 18.9 Å². The Balaban J connectivity index is 1.73. The zero-order valence-electron chi connectivity index (χ0n) is 16.1. The Kier molecular flexibility index (Phi) is 4.68. The van der Waals surface area contributed by atoms with Crippen molar-refractivity contribution < 1.29 is 18.0 Å². The van der Waals surface area contributed by atoms with Gasteiger partial charge in [0.15, 0.2) is 0 Å². The number of halogens is 3. The van der Waals surface area contributed by atoms with E-state index in [2.05, 4.69) is 5.10 Å². The molecule has 150 valence electrons. The second kappa shape index (κ2) is 7.06. The molecule has 0 bridgehead atoms. The third kappa shape index (κ3) is 3.77. The molecule has 0 atom stereocenters. The van der Waals surface area contributed by atoms with Gasteiger partial charge in [0.1, 0.15) is 0 Å². The Morgan fingerprint density at radius 1 is 1.14 bits per heavy atom. The standard InChI is InChI=1S/C22H20F3N3O/c1-14-6-10-17(11-7-14)27(2)21(29)19-13-26-28(20(19)15-8-9-15)18-5-3-4-16(12-18)22(23,24)25/h3-7,10-13,15H,8-9H2,1-2H3. The summed E-state index contributed by atoms with van der Waals surface area (Å²) in [6, 6.07) is 12.6. The highest BCUT2D eigenvalue weighted by Crippen LogP contribution is 2.43. The molecule has 2 aromatic carbocycles. The van der Waals surface area contributed by atoms with Crippen molar-refractivity contribution in [1.82, 2.24) is 9.78 Å². The van der Waals surface area contributed by atoms with Gasteiger partial charge in [0.25, 0.3) is 5.91 Å². The van der Waals surface area contributed by atoms with Gasteiger partial charge in [0, 0.05) is 18.7 Å². The highest BCUT2D eigenvalue weighted by atomic mass is 19.4. The summed E-state index contributed by atoms with van der Waals surface area (Å²) in [6.07, 6.45) is -1.20. The first-order chi connectivity index (χ1) is 13.8. The molecule has 1 aromatic heterocycles. The third-order valence-corrected chi connectivity index (χ3v) is 5.14. The molecule has 3 aromatic rings. The van der Waals surface area contributed by atoms with Crippen LogP contribution in [0.1, 0.15) is 45.9 Å². The zero-order chi connectivity index (χ0) is 20.8. The van der Waals surface area contributed by atoms with Gasteiger partial charge in [-0.15, -0.1) is 0 Å². The SMILES string of the molecule is Cc1ccc(N(C)C(=O)c2cnn(-c3cccc(C(F)(F)F)c3)c2C2CC2)cc1. The number of aromatic nitrogens is 2. The van der Waals surface area contributed by atoms with Crippen molar-refractivity contribution in [1.29, 1.82) is 0 Å². The average molecular weight is 399 g/mol. The van der Waals surface area contributed by atoms with Crippen LogP contribution in [-0.4, -0.2) is 22.7 Å². The maximum absolute atomic E-state index is 13.1. The molecule has 0 radical (unpaired) electrons. The maximum Gasteiger partial charge on any atom is 0.416 e. The Morgan fingerprint density at radius 2 is 1.83 bits per heavy atom. The van der Waals surface area contributed by atoms with Crippen LogP contribution in [0.15, 0.2) is 54.7 Å². The minimum Gasteiger partial charge on any atom is -0.311 e. The lowest BCUT2D eigenvalue weighted by atomic mass is 10.1. The maximum atomic E-state index is 13.1. The number of aryl methyl sites for hydroxylation is 1. The van der Waals surface area contributed by atoms with Crippen LogP contribution in [-0.2, 0) is 6.18 Å². The fourth-order valence-electron chi connectivity index (χ4n) is 3.36. The Hall–Kier alpha value is -3.09. The lowest BCUT2D eigenvalue weighted by Gasteiger charge is -2.18. The number of benzene rings is 2. The van der Waals surface area contributed by atoms with E-state index >= 15 is 0 Å². The van der Waals surface area contributed by atoms with Gasteiger partial charge in [-0.05, 0) is 50.1 Å². The van der Waals surface area contributed by atoms with Crippen molar-refractivity contribution in [2.24, 2.45) is 0 Å². The van der Waals surface area contributed by atoms with Gasteiger partial charge in [-0.3, -0.25) is 4.79 Å². The van der Waals surface area contributed by atoms with E-state index in [0.717, 1.165) is 36.2 Å². The van der Waals surface area contributed by atoms with E-state index in [9.17, 15) is 18.0 Å². The molecular weight excluding hydrogens is 379 g/mol. The molecule has 29 heavy (non-hydrogen) atoms. The van der Waals surface area contributed by atoms with E-state index in [1.54, 1.807) is 18.0 Å². The Morgan fingerprint density at radius 3 is 2.45 bits per heavy atom. The predicted molar refractivity (Wildman–Crippen MR) is 104 cm³/mol. The number of carbonyl (C=O) groups is 1. The average Bonchev–Trinajstić information content (AvgIpc) is 3.44. The lowest BCUT2D eigenvalue weighted by Crippen LogP contribution is -2.27. The highest BCUT2D eigenvalue weighted by molar-refractivity contribution is 6.06. The van der Waals surface area contributed by atoms with Gasteiger partial charge in [-0.1, -0.05) is 23.8 Å². The molecule has 1 heterocycles. The normalized spacial score (nSPS) is 14.1. The van der Waals surface area contributed by atoms with Gasteiger partial charge < -0.3 is 4.90 Å². The van der Waals surface area contributed by atoms with Crippen molar-refractivity contribution in [3.8, 4) is 5.69 Å². The first-order valence-electron chi connectivity index (χ1n) is 9.36. The summed E-state index contributed by atoms with van der Waals surface area (Å²) >= 11 is 0. The van der Waals surface area contributed by atoms with E-state index in [0.29, 0.717) is 16.9 Å². The second-order valence-electron chi connectivity index (χ2n) is 7.38. The smallest absolute Gasteiger partial charge is 0.311 e. The summed E-state index contributed by atoms with van der Waals surface area (Å²) in [5.74, 6) is -0.105. The fourth-order valence-corrected chi connectivity index (χ4v) is 3.36. The number of amides is 1. The number of carbonyl (C=O) groups excluding carboxylic acids is 1. The van der Waals surface area contributed by atoms with Crippen LogP contribution in [0.2, 0.25) is 0 Å². The minimum absolute atomic E-state index is 0.123. The van der Waals surface area contributed by atoms with Crippen LogP contribution in [0.25, 0.3) is 5.69 Å². The third-order valence-electron chi connectivity index (χ3n) is 5.14. The van der Waals surface area contributed by atoms with Crippen molar-refractivity contribution in [2.75, 3.05) is 11.9 Å². The quantitative estimate of drug-likeness (QED) is 0.593. The van der Waals surface area contributed by atoms with Crippen LogP contribution < -0.4 is 4.90 Å². The topological polar surface area (TPSA) is 38.1 Å². The minimum atomic E-state index is -4.44. The number of anilines is 1.